The van der Waals surface area contributed by atoms with Crippen molar-refractivity contribution in [1.29, 1.82) is 0 Å². The zero-order valence-electron chi connectivity index (χ0n) is 18.4. The van der Waals surface area contributed by atoms with E-state index in [1.54, 1.807) is 6.92 Å². The van der Waals surface area contributed by atoms with Crippen LogP contribution in [-0.2, 0) is 16.1 Å². The number of ether oxygens (including phenoxy) is 3. The number of urea groups is 1. The van der Waals surface area contributed by atoms with Gasteiger partial charge in [0, 0.05) is 6.07 Å². The van der Waals surface area contributed by atoms with Crippen molar-refractivity contribution >= 4 is 29.7 Å². The molecule has 0 atom stereocenters. The van der Waals surface area contributed by atoms with E-state index in [0.29, 0.717) is 0 Å². The first kappa shape index (κ1) is 24.0. The lowest BCUT2D eigenvalue weighted by Gasteiger charge is -2.12. The molecule has 1 N–H and O–H groups in total. The summed E-state index contributed by atoms with van der Waals surface area (Å²) in [5.41, 5.74) is -0.252. The van der Waals surface area contributed by atoms with Gasteiger partial charge in [0.1, 0.15) is 18.1 Å². The number of carbonyl (C=O) groups is 3. The van der Waals surface area contributed by atoms with Crippen LogP contribution >= 0.6 is 0 Å². The molecule has 1 aromatic carbocycles. The molecule has 0 spiro atoms. The second-order valence-corrected chi connectivity index (χ2v) is 6.79. The number of amides is 3. The van der Waals surface area contributed by atoms with E-state index in [4.69, 9.17) is 13.9 Å². The largest absolute Gasteiger partial charge is 0.490 e. The summed E-state index contributed by atoms with van der Waals surface area (Å²) in [7, 11) is 1.19. The molecule has 3 rings (SSSR count). The van der Waals surface area contributed by atoms with Crippen molar-refractivity contribution in [3.63, 3.8) is 0 Å². The fourth-order valence-electron chi connectivity index (χ4n) is 3.09. The minimum Gasteiger partial charge on any atom is -0.490 e. The molecular formula is C22H21N3O9. The molecule has 1 saturated heterocycles. The van der Waals surface area contributed by atoms with Gasteiger partial charge in [-0.1, -0.05) is 12.7 Å². The standard InChI is InChI=1S/C22H21N3O9/c1-4-8-33-19-16(25(29)30)10-13(11-18(19)32-5-2)9-15-20(26)24(22(28)23-15)12-14-6-7-17(34-14)21(27)31-3/h4,6-7,9-11H,1,5,8,12H2,2-3H3,(H,23,28). The Hall–Kier alpha value is -4.61. The van der Waals surface area contributed by atoms with Gasteiger partial charge < -0.3 is 23.9 Å². The maximum Gasteiger partial charge on any atom is 0.373 e. The van der Waals surface area contributed by atoms with Gasteiger partial charge in [-0.15, -0.1) is 0 Å². The summed E-state index contributed by atoms with van der Waals surface area (Å²) in [5.74, 6) is -1.25. The highest BCUT2D eigenvalue weighted by atomic mass is 16.6. The molecule has 1 aliphatic heterocycles. The first-order valence-corrected chi connectivity index (χ1v) is 9.99. The highest BCUT2D eigenvalue weighted by molar-refractivity contribution is 6.13. The molecule has 178 valence electrons. The Labute approximate surface area is 193 Å². The highest BCUT2D eigenvalue weighted by Crippen LogP contribution is 2.39. The number of rotatable bonds is 10. The summed E-state index contributed by atoms with van der Waals surface area (Å²) >= 11 is 0. The molecule has 1 fully saturated rings. The number of benzene rings is 1. The third-order valence-electron chi connectivity index (χ3n) is 4.54. The number of furan rings is 1. The number of nitrogens with one attached hydrogen (secondary N) is 1. The highest BCUT2D eigenvalue weighted by Gasteiger charge is 2.35. The predicted molar refractivity (Wildman–Crippen MR) is 117 cm³/mol. The fraction of sp³-hybridized carbons (Fsp3) is 0.227. The molecule has 0 unspecified atom stereocenters. The van der Waals surface area contributed by atoms with Crippen LogP contribution < -0.4 is 14.8 Å². The molecule has 12 heteroatoms. The topological polar surface area (TPSA) is 150 Å². The molecule has 0 bridgehead atoms. The van der Waals surface area contributed by atoms with Crippen LogP contribution in [-0.4, -0.2) is 48.1 Å². The lowest BCUT2D eigenvalue weighted by molar-refractivity contribution is -0.385. The molecule has 0 radical (unpaired) electrons. The molecule has 1 aliphatic rings. The van der Waals surface area contributed by atoms with Gasteiger partial charge >= 0.3 is 17.7 Å². The smallest absolute Gasteiger partial charge is 0.373 e. The summed E-state index contributed by atoms with van der Waals surface area (Å²) in [4.78, 5) is 48.5. The van der Waals surface area contributed by atoms with Crippen molar-refractivity contribution < 1.29 is 37.9 Å². The van der Waals surface area contributed by atoms with Gasteiger partial charge in [0.25, 0.3) is 5.91 Å². The van der Waals surface area contributed by atoms with Crippen LogP contribution in [0.15, 0.2) is 47.0 Å². The van der Waals surface area contributed by atoms with Gasteiger partial charge in [-0.3, -0.25) is 19.8 Å². The second kappa shape index (κ2) is 10.3. The lowest BCUT2D eigenvalue weighted by Crippen LogP contribution is -2.30. The fourth-order valence-corrected chi connectivity index (χ4v) is 3.09. The summed E-state index contributed by atoms with van der Waals surface area (Å²) in [6, 6.07) is 4.73. The molecule has 12 nitrogen and oxygen atoms in total. The number of imide groups is 1. The number of nitro benzene ring substituents is 1. The van der Waals surface area contributed by atoms with Gasteiger partial charge in [-0.05, 0) is 36.8 Å². The van der Waals surface area contributed by atoms with Gasteiger partial charge in [0.05, 0.1) is 25.2 Å². The van der Waals surface area contributed by atoms with Crippen LogP contribution in [0.25, 0.3) is 6.08 Å². The SMILES string of the molecule is C=CCOc1c(OCC)cc(C=C2NC(=O)N(Cc3ccc(C(=O)OC)o3)C2=O)cc1[N+](=O)[O-]. The molecule has 34 heavy (non-hydrogen) atoms. The van der Waals surface area contributed by atoms with E-state index in [1.807, 2.05) is 0 Å². The Balaban J connectivity index is 1.90. The molecule has 0 saturated carbocycles. The maximum absolute atomic E-state index is 12.8. The molecule has 1 aromatic heterocycles. The van der Waals surface area contributed by atoms with Crippen molar-refractivity contribution in [3.8, 4) is 11.5 Å². The van der Waals surface area contributed by atoms with Crippen molar-refractivity contribution in [1.82, 2.24) is 10.2 Å². The summed E-state index contributed by atoms with van der Waals surface area (Å²) in [6.45, 7) is 5.22. The number of esters is 1. The van der Waals surface area contributed by atoms with Crippen LogP contribution in [0.2, 0.25) is 0 Å². The normalized spacial score (nSPS) is 14.2. The third kappa shape index (κ3) is 5.06. The average Bonchev–Trinajstić information content (AvgIpc) is 3.38. The molecule has 3 amide bonds. The Morgan fingerprint density at radius 2 is 2.06 bits per heavy atom. The predicted octanol–water partition coefficient (Wildman–Crippen LogP) is 3.03. The zero-order valence-corrected chi connectivity index (χ0v) is 18.4. The Morgan fingerprint density at radius 3 is 2.71 bits per heavy atom. The number of methoxy groups -OCH3 is 1. The average molecular weight is 471 g/mol. The molecule has 0 aliphatic carbocycles. The van der Waals surface area contributed by atoms with E-state index in [9.17, 15) is 24.5 Å². The number of nitrogens with zero attached hydrogens (tertiary/aromatic N) is 2. The van der Waals surface area contributed by atoms with E-state index in [-0.39, 0.29) is 59.7 Å². The van der Waals surface area contributed by atoms with Crippen LogP contribution in [0.4, 0.5) is 10.5 Å². The molecule has 2 heterocycles. The van der Waals surface area contributed by atoms with E-state index in [0.717, 1.165) is 4.90 Å². The first-order valence-electron chi connectivity index (χ1n) is 9.99. The van der Waals surface area contributed by atoms with Gasteiger partial charge in [-0.2, -0.15) is 0 Å². The summed E-state index contributed by atoms with van der Waals surface area (Å²) < 4.78 is 20.7. The molecule has 2 aromatic rings. The second-order valence-electron chi connectivity index (χ2n) is 6.79. The monoisotopic (exact) mass is 471 g/mol. The lowest BCUT2D eigenvalue weighted by atomic mass is 10.1. The van der Waals surface area contributed by atoms with Crippen LogP contribution in [0, 0.1) is 10.1 Å². The van der Waals surface area contributed by atoms with Crippen LogP contribution in [0.3, 0.4) is 0 Å². The Kier molecular flexibility index (Phi) is 7.31. The van der Waals surface area contributed by atoms with E-state index >= 15 is 0 Å². The third-order valence-corrected chi connectivity index (χ3v) is 4.54. The summed E-state index contributed by atoms with van der Waals surface area (Å²) in [5, 5.41) is 14.0. The summed E-state index contributed by atoms with van der Waals surface area (Å²) in [6.07, 6.45) is 2.72. The van der Waals surface area contributed by atoms with Gasteiger partial charge in [0.2, 0.25) is 11.5 Å². The van der Waals surface area contributed by atoms with E-state index in [1.165, 1.54) is 43.5 Å². The van der Waals surface area contributed by atoms with Crippen LogP contribution in [0.5, 0.6) is 11.5 Å². The first-order chi connectivity index (χ1) is 16.3. The van der Waals surface area contributed by atoms with Crippen molar-refractivity contribution in [2.24, 2.45) is 0 Å². The van der Waals surface area contributed by atoms with Crippen molar-refractivity contribution in [3.05, 3.63) is 69.8 Å². The number of hydrogen-bond acceptors (Lipinski definition) is 9. The quantitative estimate of drug-likeness (QED) is 0.138. The Morgan fingerprint density at radius 1 is 1.29 bits per heavy atom. The van der Waals surface area contributed by atoms with Crippen molar-refractivity contribution in [2.75, 3.05) is 20.3 Å². The van der Waals surface area contributed by atoms with Crippen LogP contribution in [0.1, 0.15) is 28.8 Å². The number of nitro groups is 1. The zero-order chi connectivity index (χ0) is 24.8. The Bertz CT molecular complexity index is 1180. The van der Waals surface area contributed by atoms with E-state index < -0.39 is 22.8 Å². The molecular weight excluding hydrogens is 450 g/mol. The van der Waals surface area contributed by atoms with Gasteiger partial charge in [0.15, 0.2) is 5.75 Å². The minimum absolute atomic E-state index is 0.0231. The van der Waals surface area contributed by atoms with Crippen molar-refractivity contribution in [2.45, 2.75) is 13.5 Å². The minimum atomic E-state index is -0.724. The number of carbonyl (C=O) groups excluding carboxylic acids is 3. The van der Waals surface area contributed by atoms with E-state index in [2.05, 4.69) is 16.6 Å². The number of hydrogen-bond donors (Lipinski definition) is 1. The van der Waals surface area contributed by atoms with Gasteiger partial charge in [-0.25, -0.2) is 9.59 Å². The maximum atomic E-state index is 12.8.